The van der Waals surface area contributed by atoms with Crippen LogP contribution in [-0.2, 0) is 13.1 Å². The van der Waals surface area contributed by atoms with Gasteiger partial charge in [0.25, 0.3) is 0 Å². The smallest absolute Gasteiger partial charge is 0.107 e. The molecule has 2 aromatic carbocycles. The van der Waals surface area contributed by atoms with Gasteiger partial charge in [-0.05, 0) is 29.5 Å². The van der Waals surface area contributed by atoms with Crippen LogP contribution < -0.4 is 5.32 Å². The summed E-state index contributed by atoms with van der Waals surface area (Å²) in [4.78, 5) is 1.21. The van der Waals surface area contributed by atoms with Crippen LogP contribution in [0.3, 0.4) is 0 Å². The third-order valence-electron chi connectivity index (χ3n) is 4.68. The predicted molar refractivity (Wildman–Crippen MR) is 113 cm³/mol. The Balaban J connectivity index is 1.55. The zero-order chi connectivity index (χ0) is 18.5. The van der Waals surface area contributed by atoms with Gasteiger partial charge < -0.3 is 5.32 Å². The molecule has 0 aliphatic heterocycles. The fourth-order valence-corrected chi connectivity index (χ4v) is 3.93. The number of nitrogens with one attached hydrogen (secondary N) is 1. The minimum absolute atomic E-state index is 0.292. The average Bonchev–Trinajstić information content (AvgIpc) is 3.37. The van der Waals surface area contributed by atoms with Crippen molar-refractivity contribution in [1.29, 1.82) is 0 Å². The lowest BCUT2D eigenvalue weighted by molar-refractivity contribution is 0.574. The molecule has 1 atom stereocenters. The molecule has 3 nitrogen and oxygen atoms in total. The maximum Gasteiger partial charge on any atom is 0.107 e. The number of hydrogen-bond acceptors (Lipinski definition) is 3. The number of aromatic nitrogens is 2. The molecule has 0 spiro atoms. The Hall–Kier alpha value is -2.69. The van der Waals surface area contributed by atoms with E-state index in [1.54, 1.807) is 11.3 Å². The normalized spacial score (nSPS) is 12.2. The van der Waals surface area contributed by atoms with Crippen LogP contribution in [0, 0.1) is 0 Å². The summed E-state index contributed by atoms with van der Waals surface area (Å²) in [6.45, 7) is 3.78. The maximum absolute atomic E-state index is 4.89. The summed E-state index contributed by atoms with van der Waals surface area (Å²) < 4.78 is 2.05. The van der Waals surface area contributed by atoms with E-state index in [4.69, 9.17) is 5.10 Å². The molecule has 27 heavy (non-hydrogen) atoms. The Labute approximate surface area is 164 Å². The zero-order valence-electron chi connectivity index (χ0n) is 15.4. The topological polar surface area (TPSA) is 29.9 Å². The lowest BCUT2D eigenvalue weighted by Gasteiger charge is -2.14. The summed E-state index contributed by atoms with van der Waals surface area (Å²) in [6.07, 6.45) is 2.17. The summed E-state index contributed by atoms with van der Waals surface area (Å²) in [5.41, 5.74) is 4.87. The average molecular weight is 374 g/mol. The Bertz CT molecular complexity index is 960. The lowest BCUT2D eigenvalue weighted by atomic mass is 10.1. The van der Waals surface area contributed by atoms with Crippen LogP contribution >= 0.6 is 11.3 Å². The fraction of sp³-hybridized carbons (Fsp3) is 0.174. The molecule has 0 aliphatic carbocycles. The van der Waals surface area contributed by atoms with E-state index in [1.807, 2.05) is 6.07 Å². The highest BCUT2D eigenvalue weighted by Crippen LogP contribution is 2.27. The molecular weight excluding hydrogens is 350 g/mol. The monoisotopic (exact) mass is 373 g/mol. The Kier molecular flexibility index (Phi) is 5.47. The van der Waals surface area contributed by atoms with E-state index in [9.17, 15) is 0 Å². The van der Waals surface area contributed by atoms with Crippen LogP contribution in [0.2, 0.25) is 0 Å². The first-order valence-electron chi connectivity index (χ1n) is 9.22. The molecule has 0 radical (unpaired) electrons. The van der Waals surface area contributed by atoms with Gasteiger partial charge in [0.1, 0.15) is 5.69 Å². The van der Waals surface area contributed by atoms with E-state index in [2.05, 4.69) is 95.2 Å². The van der Waals surface area contributed by atoms with E-state index in [0.717, 1.165) is 18.8 Å². The first-order chi connectivity index (χ1) is 13.3. The fourth-order valence-electron chi connectivity index (χ4n) is 3.19. The Morgan fingerprint density at radius 3 is 2.41 bits per heavy atom. The minimum Gasteiger partial charge on any atom is -0.306 e. The molecule has 2 heterocycles. The van der Waals surface area contributed by atoms with Crippen LogP contribution in [0.25, 0.3) is 10.6 Å². The zero-order valence-corrected chi connectivity index (χ0v) is 16.2. The van der Waals surface area contributed by atoms with Gasteiger partial charge in [0.2, 0.25) is 0 Å². The highest BCUT2D eigenvalue weighted by Gasteiger charge is 2.14. The molecule has 1 N–H and O–H groups in total. The van der Waals surface area contributed by atoms with Crippen LogP contribution in [0.1, 0.15) is 29.7 Å². The van der Waals surface area contributed by atoms with Crippen molar-refractivity contribution in [2.75, 3.05) is 0 Å². The third kappa shape index (κ3) is 4.35. The standard InChI is InChI=1S/C23H23N3S/c1-18(20-11-6-3-7-12-20)24-15-21-17-26(16-19-9-4-2-5-10-19)25-23(21)22-13-8-14-27-22/h2-14,17-18,24H,15-16H2,1H3/t18-/m0/s1. The van der Waals surface area contributed by atoms with Gasteiger partial charge in [0, 0.05) is 24.3 Å². The van der Waals surface area contributed by atoms with Crippen LogP contribution in [0.5, 0.6) is 0 Å². The van der Waals surface area contributed by atoms with E-state index in [0.29, 0.717) is 6.04 Å². The third-order valence-corrected chi connectivity index (χ3v) is 5.55. The quantitative estimate of drug-likeness (QED) is 0.463. The second-order valence-electron chi connectivity index (χ2n) is 6.68. The predicted octanol–water partition coefficient (Wildman–Crippen LogP) is 5.51. The molecule has 0 saturated carbocycles. The SMILES string of the molecule is C[C@H](NCc1cn(Cc2ccccc2)nc1-c1cccs1)c1ccccc1. The van der Waals surface area contributed by atoms with E-state index < -0.39 is 0 Å². The molecule has 4 rings (SSSR count). The minimum atomic E-state index is 0.292. The summed E-state index contributed by atoms with van der Waals surface area (Å²) >= 11 is 1.74. The maximum atomic E-state index is 4.89. The van der Waals surface area contributed by atoms with Gasteiger partial charge in [-0.25, -0.2) is 0 Å². The van der Waals surface area contributed by atoms with Crippen molar-refractivity contribution >= 4 is 11.3 Å². The highest BCUT2D eigenvalue weighted by atomic mass is 32.1. The lowest BCUT2D eigenvalue weighted by Crippen LogP contribution is -2.18. The van der Waals surface area contributed by atoms with Crippen molar-refractivity contribution in [3.8, 4) is 10.6 Å². The molecule has 0 unspecified atom stereocenters. The van der Waals surface area contributed by atoms with Crippen LogP contribution in [-0.4, -0.2) is 9.78 Å². The molecule has 2 aromatic heterocycles. The molecule has 4 heteroatoms. The second kappa shape index (κ2) is 8.33. The molecule has 0 fully saturated rings. The number of hydrogen-bond donors (Lipinski definition) is 1. The van der Waals surface area contributed by atoms with E-state index >= 15 is 0 Å². The molecule has 0 saturated heterocycles. The van der Waals surface area contributed by atoms with Crippen molar-refractivity contribution < 1.29 is 0 Å². The van der Waals surface area contributed by atoms with Gasteiger partial charge in [0.15, 0.2) is 0 Å². The molecule has 136 valence electrons. The number of benzene rings is 2. The first kappa shape index (κ1) is 17.7. The number of nitrogens with zero attached hydrogens (tertiary/aromatic N) is 2. The van der Waals surface area contributed by atoms with Gasteiger partial charge in [-0.1, -0.05) is 66.7 Å². The highest BCUT2D eigenvalue weighted by molar-refractivity contribution is 7.13. The Morgan fingerprint density at radius 1 is 0.963 bits per heavy atom. The number of rotatable bonds is 7. The molecule has 0 aliphatic rings. The van der Waals surface area contributed by atoms with Crippen molar-refractivity contribution in [2.45, 2.75) is 26.1 Å². The Morgan fingerprint density at radius 2 is 1.70 bits per heavy atom. The van der Waals surface area contributed by atoms with Crippen molar-refractivity contribution in [1.82, 2.24) is 15.1 Å². The van der Waals surface area contributed by atoms with E-state index in [1.165, 1.54) is 21.6 Å². The van der Waals surface area contributed by atoms with Crippen molar-refractivity contribution in [2.24, 2.45) is 0 Å². The van der Waals surface area contributed by atoms with Gasteiger partial charge in [-0.15, -0.1) is 11.3 Å². The number of thiophene rings is 1. The van der Waals surface area contributed by atoms with Crippen LogP contribution in [0.15, 0.2) is 84.4 Å². The summed E-state index contributed by atoms with van der Waals surface area (Å²) in [5.74, 6) is 0. The van der Waals surface area contributed by atoms with Crippen molar-refractivity contribution in [3.05, 3.63) is 101 Å². The molecular formula is C23H23N3S. The van der Waals surface area contributed by atoms with Crippen LogP contribution in [0.4, 0.5) is 0 Å². The largest absolute Gasteiger partial charge is 0.306 e. The second-order valence-corrected chi connectivity index (χ2v) is 7.62. The first-order valence-corrected chi connectivity index (χ1v) is 10.1. The molecule has 0 bridgehead atoms. The summed E-state index contributed by atoms with van der Waals surface area (Å²) in [7, 11) is 0. The van der Waals surface area contributed by atoms with E-state index in [-0.39, 0.29) is 0 Å². The van der Waals surface area contributed by atoms with Crippen molar-refractivity contribution in [3.63, 3.8) is 0 Å². The summed E-state index contributed by atoms with van der Waals surface area (Å²) in [5, 5.41) is 10.6. The molecule has 0 amide bonds. The summed E-state index contributed by atoms with van der Waals surface area (Å²) in [6, 6.07) is 25.5. The van der Waals surface area contributed by atoms with Gasteiger partial charge in [-0.3, -0.25) is 4.68 Å². The molecule has 4 aromatic rings. The van der Waals surface area contributed by atoms with Gasteiger partial charge in [0.05, 0.1) is 11.4 Å². The van der Waals surface area contributed by atoms with Gasteiger partial charge >= 0.3 is 0 Å². The van der Waals surface area contributed by atoms with Gasteiger partial charge in [-0.2, -0.15) is 5.10 Å².